The van der Waals surface area contributed by atoms with Gasteiger partial charge in [0.25, 0.3) is 0 Å². The van der Waals surface area contributed by atoms with Crippen LogP contribution in [0.15, 0.2) is 29.4 Å². The Hall–Kier alpha value is -2.08. The predicted molar refractivity (Wildman–Crippen MR) is 73.0 cm³/mol. The van der Waals surface area contributed by atoms with Crippen molar-refractivity contribution in [3.63, 3.8) is 0 Å². The van der Waals surface area contributed by atoms with Crippen LogP contribution in [0.2, 0.25) is 5.02 Å². The second kappa shape index (κ2) is 6.38. The summed E-state index contributed by atoms with van der Waals surface area (Å²) < 4.78 is 5.44. The van der Waals surface area contributed by atoms with Crippen molar-refractivity contribution in [3.05, 3.63) is 29.3 Å². The van der Waals surface area contributed by atoms with E-state index in [1.54, 1.807) is 24.3 Å². The highest BCUT2D eigenvalue weighted by Crippen LogP contribution is 2.16. The number of nitrogens with zero attached hydrogens (tertiary/aromatic N) is 2. The number of aliphatic carboxylic acids is 1. The summed E-state index contributed by atoms with van der Waals surface area (Å²) in [6.45, 7) is 0.433. The molecule has 1 heterocycles. The summed E-state index contributed by atoms with van der Waals surface area (Å²) in [4.78, 5) is 22.4. The van der Waals surface area contributed by atoms with E-state index in [9.17, 15) is 9.59 Å². The minimum Gasteiger partial charge on any atom is -0.492 e. The molecular formula is C13H13ClN2O4. The maximum Gasteiger partial charge on any atom is 0.352 e. The standard InChI is InChI=1S/C13H13ClN2O4/c14-9-1-3-10(4-2-9)20-8-7-16-12(17)6-5-11(15-16)13(18)19/h1-4H,5-8H2,(H,18,19). The van der Waals surface area contributed by atoms with Gasteiger partial charge >= 0.3 is 5.97 Å². The van der Waals surface area contributed by atoms with Gasteiger partial charge in [-0.1, -0.05) is 11.6 Å². The summed E-state index contributed by atoms with van der Waals surface area (Å²) in [7, 11) is 0. The number of hydrogen-bond donors (Lipinski definition) is 1. The van der Waals surface area contributed by atoms with Crippen molar-refractivity contribution in [3.8, 4) is 5.75 Å². The highest BCUT2D eigenvalue weighted by molar-refractivity contribution is 6.36. The number of hydrogen-bond acceptors (Lipinski definition) is 4. The Morgan fingerprint density at radius 3 is 2.70 bits per heavy atom. The van der Waals surface area contributed by atoms with Gasteiger partial charge in [0.1, 0.15) is 18.1 Å². The van der Waals surface area contributed by atoms with Gasteiger partial charge in [-0.2, -0.15) is 5.10 Å². The van der Waals surface area contributed by atoms with Crippen LogP contribution in [-0.4, -0.2) is 40.9 Å². The third-order valence-electron chi connectivity index (χ3n) is 2.74. The molecule has 7 heteroatoms. The third-order valence-corrected chi connectivity index (χ3v) is 2.99. The molecule has 0 unspecified atom stereocenters. The first-order chi connectivity index (χ1) is 9.56. The third kappa shape index (κ3) is 3.71. The number of carboxylic acid groups (broad SMARTS) is 1. The Kier molecular flexibility index (Phi) is 4.57. The Morgan fingerprint density at radius 2 is 2.05 bits per heavy atom. The van der Waals surface area contributed by atoms with Gasteiger partial charge in [0.2, 0.25) is 5.91 Å². The van der Waals surface area contributed by atoms with Gasteiger partial charge in [0, 0.05) is 17.9 Å². The molecule has 0 atom stereocenters. The van der Waals surface area contributed by atoms with Crippen molar-refractivity contribution < 1.29 is 19.4 Å². The lowest BCUT2D eigenvalue weighted by Crippen LogP contribution is -2.36. The fourth-order valence-electron chi connectivity index (χ4n) is 1.71. The lowest BCUT2D eigenvalue weighted by Gasteiger charge is -2.22. The second-order valence-corrected chi connectivity index (χ2v) is 4.61. The summed E-state index contributed by atoms with van der Waals surface area (Å²) in [6.07, 6.45) is 0.328. The van der Waals surface area contributed by atoms with Crippen LogP contribution < -0.4 is 4.74 Å². The molecule has 1 aliphatic rings. The molecule has 0 radical (unpaired) electrons. The molecule has 1 aliphatic heterocycles. The van der Waals surface area contributed by atoms with Gasteiger partial charge < -0.3 is 9.84 Å². The molecule has 1 aromatic carbocycles. The molecular weight excluding hydrogens is 284 g/mol. The number of rotatable bonds is 5. The summed E-state index contributed by atoms with van der Waals surface area (Å²) in [5.41, 5.74) is -0.00362. The van der Waals surface area contributed by atoms with E-state index in [1.165, 1.54) is 0 Å². The first kappa shape index (κ1) is 14.3. The summed E-state index contributed by atoms with van der Waals surface area (Å²) >= 11 is 5.75. The van der Waals surface area contributed by atoms with Gasteiger partial charge in [0.05, 0.1) is 6.54 Å². The van der Waals surface area contributed by atoms with Crippen molar-refractivity contribution in [1.29, 1.82) is 0 Å². The molecule has 1 aromatic rings. The quantitative estimate of drug-likeness (QED) is 0.898. The van der Waals surface area contributed by atoms with Crippen LogP contribution in [0.25, 0.3) is 0 Å². The first-order valence-corrected chi connectivity index (χ1v) is 6.43. The van der Waals surface area contributed by atoms with Gasteiger partial charge in [-0.15, -0.1) is 0 Å². The van der Waals surface area contributed by atoms with Crippen LogP contribution in [0.1, 0.15) is 12.8 Å². The Balaban J connectivity index is 1.89. The van der Waals surface area contributed by atoms with Gasteiger partial charge in [-0.05, 0) is 24.3 Å². The van der Waals surface area contributed by atoms with E-state index in [0.29, 0.717) is 10.8 Å². The van der Waals surface area contributed by atoms with E-state index in [4.69, 9.17) is 21.4 Å². The van der Waals surface area contributed by atoms with Crippen LogP contribution in [0.4, 0.5) is 0 Å². The average Bonchev–Trinajstić information content (AvgIpc) is 2.43. The van der Waals surface area contributed by atoms with Gasteiger partial charge in [-0.25, -0.2) is 9.80 Å². The maximum atomic E-state index is 11.6. The van der Waals surface area contributed by atoms with Gasteiger partial charge in [0.15, 0.2) is 0 Å². The number of carbonyl (C=O) groups excluding carboxylic acids is 1. The molecule has 0 bridgehead atoms. The van der Waals surface area contributed by atoms with E-state index in [2.05, 4.69) is 5.10 Å². The number of halogens is 1. The maximum absolute atomic E-state index is 11.6. The molecule has 1 N–H and O–H groups in total. The smallest absolute Gasteiger partial charge is 0.352 e. The topological polar surface area (TPSA) is 79.2 Å². The second-order valence-electron chi connectivity index (χ2n) is 4.17. The van der Waals surface area contributed by atoms with E-state index in [1.807, 2.05) is 0 Å². The fraction of sp³-hybridized carbons (Fsp3) is 0.308. The first-order valence-electron chi connectivity index (χ1n) is 6.06. The molecule has 2 rings (SSSR count). The number of carbonyl (C=O) groups is 2. The Morgan fingerprint density at radius 1 is 1.35 bits per heavy atom. The highest BCUT2D eigenvalue weighted by atomic mass is 35.5. The molecule has 1 amide bonds. The molecule has 0 saturated carbocycles. The molecule has 0 spiro atoms. The highest BCUT2D eigenvalue weighted by Gasteiger charge is 2.23. The van der Waals surface area contributed by atoms with E-state index < -0.39 is 5.97 Å². The normalized spacial score (nSPS) is 14.9. The Bertz CT molecular complexity index is 542. The monoisotopic (exact) mass is 296 g/mol. The van der Waals surface area contributed by atoms with Gasteiger partial charge in [-0.3, -0.25) is 4.79 Å². The van der Waals surface area contributed by atoms with Crippen LogP contribution >= 0.6 is 11.6 Å². The van der Waals surface area contributed by atoms with Crippen LogP contribution in [0, 0.1) is 0 Å². The predicted octanol–water partition coefficient (Wildman–Crippen LogP) is 1.78. The van der Waals surface area contributed by atoms with E-state index >= 15 is 0 Å². The SMILES string of the molecule is O=C(O)C1=NN(CCOc2ccc(Cl)cc2)C(=O)CC1. The molecule has 0 saturated heterocycles. The van der Waals surface area contributed by atoms with Crippen molar-refractivity contribution in [2.75, 3.05) is 13.2 Å². The average molecular weight is 297 g/mol. The molecule has 0 aromatic heterocycles. The van der Waals surface area contributed by atoms with Crippen LogP contribution in [-0.2, 0) is 9.59 Å². The number of benzene rings is 1. The number of ether oxygens (including phenoxy) is 1. The molecule has 106 valence electrons. The molecule has 0 aliphatic carbocycles. The lowest BCUT2D eigenvalue weighted by molar-refractivity contribution is -0.133. The summed E-state index contributed by atoms with van der Waals surface area (Å²) in [6, 6.07) is 6.83. The van der Waals surface area contributed by atoms with E-state index in [0.717, 1.165) is 5.01 Å². The van der Waals surface area contributed by atoms with Crippen molar-refractivity contribution >= 4 is 29.2 Å². The summed E-state index contributed by atoms with van der Waals surface area (Å²) in [5, 5.41) is 14.4. The zero-order chi connectivity index (χ0) is 14.5. The van der Waals surface area contributed by atoms with Crippen LogP contribution in [0.5, 0.6) is 5.75 Å². The Labute approximate surface area is 120 Å². The molecule has 0 fully saturated rings. The number of hydrazone groups is 1. The van der Waals surface area contributed by atoms with E-state index in [-0.39, 0.29) is 37.6 Å². The summed E-state index contributed by atoms with van der Waals surface area (Å²) in [5.74, 6) is -0.669. The zero-order valence-electron chi connectivity index (χ0n) is 10.6. The molecule has 6 nitrogen and oxygen atoms in total. The van der Waals surface area contributed by atoms with Crippen molar-refractivity contribution in [2.45, 2.75) is 12.8 Å². The van der Waals surface area contributed by atoms with Crippen molar-refractivity contribution in [1.82, 2.24) is 5.01 Å². The zero-order valence-corrected chi connectivity index (χ0v) is 11.3. The number of carboxylic acids is 1. The lowest BCUT2D eigenvalue weighted by atomic mass is 10.2. The largest absolute Gasteiger partial charge is 0.492 e. The minimum atomic E-state index is -1.10. The number of amides is 1. The molecule has 20 heavy (non-hydrogen) atoms. The van der Waals surface area contributed by atoms with Crippen molar-refractivity contribution in [2.24, 2.45) is 5.10 Å². The minimum absolute atomic E-state index is 0.00362. The fourth-order valence-corrected chi connectivity index (χ4v) is 1.84. The van der Waals surface area contributed by atoms with Crippen LogP contribution in [0.3, 0.4) is 0 Å².